The summed E-state index contributed by atoms with van der Waals surface area (Å²) in [6.45, 7) is 0. The summed E-state index contributed by atoms with van der Waals surface area (Å²) in [4.78, 5) is 31.0. The molecule has 0 aliphatic heterocycles. The molecule has 3 rings (SSSR count). The Hall–Kier alpha value is -3.00. The first-order valence-corrected chi connectivity index (χ1v) is 5.53. The van der Waals surface area contributed by atoms with Crippen LogP contribution in [0, 0.1) is 0 Å². The Bertz CT molecular complexity index is 810. The average Bonchev–Trinajstić information content (AvgIpc) is 2.77. The number of hydrogen-bond donors (Lipinski definition) is 1. The van der Waals surface area contributed by atoms with E-state index < -0.39 is 0 Å². The zero-order valence-electron chi connectivity index (χ0n) is 9.68. The zero-order chi connectivity index (χ0) is 13.2. The van der Waals surface area contributed by atoms with Crippen LogP contribution in [0.2, 0.25) is 0 Å². The van der Waals surface area contributed by atoms with Crippen molar-refractivity contribution in [1.29, 1.82) is 0 Å². The van der Waals surface area contributed by atoms with Gasteiger partial charge in [-0.25, -0.2) is 9.59 Å². The third-order valence-electron chi connectivity index (χ3n) is 2.92. The maximum absolute atomic E-state index is 10.3. The highest BCUT2D eigenvalue weighted by Gasteiger charge is 2.05. The third kappa shape index (κ3) is 1.85. The predicted octanol–water partition coefficient (Wildman–Crippen LogP) is 3.26. The van der Waals surface area contributed by atoms with E-state index in [1.165, 1.54) is 12.2 Å². The minimum atomic E-state index is 0.535. The largest absolute Gasteiger partial charge is 0.355 e. The second-order valence-corrected chi connectivity index (χ2v) is 3.99. The highest BCUT2D eigenvalue weighted by Crippen LogP contribution is 2.31. The van der Waals surface area contributed by atoms with Gasteiger partial charge in [-0.05, 0) is 36.4 Å². The number of H-pyrrole nitrogens is 1. The van der Waals surface area contributed by atoms with Gasteiger partial charge in [-0.1, -0.05) is 0 Å². The Balaban J connectivity index is 2.36. The van der Waals surface area contributed by atoms with Gasteiger partial charge in [0.1, 0.15) is 0 Å². The minimum Gasteiger partial charge on any atom is -0.355 e. The first-order valence-electron chi connectivity index (χ1n) is 5.53. The number of nitrogens with one attached hydrogen (secondary N) is 1. The molecule has 19 heavy (non-hydrogen) atoms. The molecule has 1 N–H and O–H groups in total. The van der Waals surface area contributed by atoms with Gasteiger partial charge in [0.25, 0.3) is 0 Å². The second kappa shape index (κ2) is 4.35. The van der Waals surface area contributed by atoms with E-state index in [-0.39, 0.29) is 0 Å². The Morgan fingerprint density at radius 3 is 1.68 bits per heavy atom. The van der Waals surface area contributed by atoms with Crippen molar-refractivity contribution in [2.75, 3.05) is 0 Å². The molecule has 0 bridgehead atoms. The van der Waals surface area contributed by atoms with Gasteiger partial charge in [-0.15, -0.1) is 0 Å². The van der Waals surface area contributed by atoms with Gasteiger partial charge in [0.2, 0.25) is 12.2 Å². The molecule has 0 amide bonds. The average molecular weight is 249 g/mol. The number of nitrogens with zero attached hydrogens (tertiary/aromatic N) is 2. The van der Waals surface area contributed by atoms with Crippen LogP contribution in [0.4, 0.5) is 11.4 Å². The van der Waals surface area contributed by atoms with Crippen molar-refractivity contribution in [3.8, 4) is 0 Å². The number of rotatable bonds is 2. The molecule has 0 saturated carbocycles. The number of aromatic amines is 1. The van der Waals surface area contributed by atoms with Crippen LogP contribution in [0.1, 0.15) is 0 Å². The summed E-state index contributed by atoms with van der Waals surface area (Å²) in [5.41, 5.74) is 2.92. The standard InChI is InChI=1S/C14H7N3O2/c18-7-15-9-1-3-13-11(5-9)12-6-10(16-8-19)2-4-14(12)17-13/h1-6,17H. The van der Waals surface area contributed by atoms with Crippen LogP contribution in [0.5, 0.6) is 0 Å². The molecule has 5 nitrogen and oxygen atoms in total. The number of fused-ring (bicyclic) bond motifs is 3. The Labute approximate surface area is 107 Å². The summed E-state index contributed by atoms with van der Waals surface area (Å²) < 4.78 is 0. The highest BCUT2D eigenvalue weighted by atomic mass is 16.1. The molecule has 90 valence electrons. The lowest BCUT2D eigenvalue weighted by Crippen LogP contribution is -1.68. The van der Waals surface area contributed by atoms with Crippen molar-refractivity contribution in [2.45, 2.75) is 0 Å². The van der Waals surface area contributed by atoms with Crippen molar-refractivity contribution in [1.82, 2.24) is 4.98 Å². The number of isocyanates is 2. The van der Waals surface area contributed by atoms with Crippen LogP contribution >= 0.6 is 0 Å². The summed E-state index contributed by atoms with van der Waals surface area (Å²) in [5, 5.41) is 1.82. The van der Waals surface area contributed by atoms with E-state index in [2.05, 4.69) is 15.0 Å². The second-order valence-electron chi connectivity index (χ2n) is 3.99. The van der Waals surface area contributed by atoms with E-state index in [9.17, 15) is 9.59 Å². The van der Waals surface area contributed by atoms with Gasteiger partial charge in [0.05, 0.1) is 11.4 Å². The molecular formula is C14H7N3O2. The molecule has 3 aromatic rings. The van der Waals surface area contributed by atoms with E-state index in [0.29, 0.717) is 11.4 Å². The van der Waals surface area contributed by atoms with Crippen LogP contribution in [0.15, 0.2) is 46.4 Å². The van der Waals surface area contributed by atoms with Crippen molar-refractivity contribution in [3.05, 3.63) is 36.4 Å². The zero-order valence-corrected chi connectivity index (χ0v) is 9.68. The number of carbonyl (C=O) groups excluding carboxylic acids is 2. The summed E-state index contributed by atoms with van der Waals surface area (Å²) in [5.74, 6) is 0. The normalized spacial score (nSPS) is 10.1. The quantitative estimate of drug-likeness (QED) is 0.559. The smallest absolute Gasteiger partial charge is 0.240 e. The maximum Gasteiger partial charge on any atom is 0.240 e. The summed E-state index contributed by atoms with van der Waals surface area (Å²) in [6.07, 6.45) is 3.03. The third-order valence-corrected chi connectivity index (χ3v) is 2.92. The van der Waals surface area contributed by atoms with Gasteiger partial charge >= 0.3 is 0 Å². The van der Waals surface area contributed by atoms with E-state index in [1.54, 1.807) is 24.3 Å². The fourth-order valence-electron chi connectivity index (χ4n) is 2.12. The van der Waals surface area contributed by atoms with Crippen molar-refractivity contribution in [2.24, 2.45) is 9.98 Å². The van der Waals surface area contributed by atoms with Gasteiger partial charge in [0, 0.05) is 21.8 Å². The molecule has 0 unspecified atom stereocenters. The first kappa shape index (κ1) is 11.1. The molecule has 2 aromatic carbocycles. The molecule has 0 spiro atoms. The molecule has 0 fully saturated rings. The van der Waals surface area contributed by atoms with Crippen molar-refractivity contribution < 1.29 is 9.59 Å². The maximum atomic E-state index is 10.3. The summed E-state index contributed by atoms with van der Waals surface area (Å²) in [6, 6.07) is 10.7. The van der Waals surface area contributed by atoms with Crippen LogP contribution in [0.25, 0.3) is 21.8 Å². The van der Waals surface area contributed by atoms with Crippen LogP contribution in [0.3, 0.4) is 0 Å². The lowest BCUT2D eigenvalue weighted by atomic mass is 10.1. The Kier molecular flexibility index (Phi) is 2.54. The highest BCUT2D eigenvalue weighted by molar-refractivity contribution is 6.09. The van der Waals surface area contributed by atoms with Gasteiger partial charge in [0.15, 0.2) is 0 Å². The molecule has 0 aliphatic rings. The van der Waals surface area contributed by atoms with Gasteiger partial charge < -0.3 is 4.98 Å². The van der Waals surface area contributed by atoms with E-state index >= 15 is 0 Å². The summed E-state index contributed by atoms with van der Waals surface area (Å²) >= 11 is 0. The molecule has 1 aromatic heterocycles. The molecule has 1 heterocycles. The monoisotopic (exact) mass is 249 g/mol. The molecular weight excluding hydrogens is 242 g/mol. The topological polar surface area (TPSA) is 74.7 Å². The van der Waals surface area contributed by atoms with E-state index in [4.69, 9.17) is 0 Å². The molecule has 0 saturated heterocycles. The van der Waals surface area contributed by atoms with Crippen molar-refractivity contribution >= 4 is 45.3 Å². The van der Waals surface area contributed by atoms with E-state index in [1.807, 2.05) is 12.1 Å². The van der Waals surface area contributed by atoms with Gasteiger partial charge in [-0.3, -0.25) is 0 Å². The van der Waals surface area contributed by atoms with Crippen LogP contribution < -0.4 is 0 Å². The number of hydrogen-bond acceptors (Lipinski definition) is 4. The van der Waals surface area contributed by atoms with Crippen LogP contribution in [-0.2, 0) is 9.59 Å². The molecule has 0 radical (unpaired) electrons. The Morgan fingerprint density at radius 2 is 1.26 bits per heavy atom. The lowest BCUT2D eigenvalue weighted by Gasteiger charge is -1.94. The molecule has 0 aliphatic carbocycles. The predicted molar refractivity (Wildman–Crippen MR) is 71.4 cm³/mol. The number of aromatic nitrogens is 1. The molecule has 0 atom stereocenters. The van der Waals surface area contributed by atoms with Crippen molar-refractivity contribution in [3.63, 3.8) is 0 Å². The Morgan fingerprint density at radius 1 is 0.789 bits per heavy atom. The lowest BCUT2D eigenvalue weighted by molar-refractivity contribution is 0.564. The van der Waals surface area contributed by atoms with Crippen LogP contribution in [-0.4, -0.2) is 17.1 Å². The fourth-order valence-corrected chi connectivity index (χ4v) is 2.12. The molecule has 5 heteroatoms. The summed E-state index contributed by atoms with van der Waals surface area (Å²) in [7, 11) is 0. The fraction of sp³-hybridized carbons (Fsp3) is 0. The first-order chi connectivity index (χ1) is 9.31. The van der Waals surface area contributed by atoms with E-state index in [0.717, 1.165) is 21.8 Å². The number of benzene rings is 2. The minimum absolute atomic E-state index is 0.535. The van der Waals surface area contributed by atoms with Gasteiger partial charge in [-0.2, -0.15) is 9.98 Å². The number of aliphatic imine (C=N–C) groups is 2. The SMILES string of the molecule is O=C=Nc1ccc2[nH]c3ccc(N=C=O)cc3c2c1.